The predicted octanol–water partition coefficient (Wildman–Crippen LogP) is 2.74. The van der Waals surface area contributed by atoms with Crippen LogP contribution in [-0.4, -0.2) is 20.3 Å². The van der Waals surface area contributed by atoms with E-state index in [1.54, 1.807) is 7.11 Å². The van der Waals surface area contributed by atoms with Crippen LogP contribution in [0.15, 0.2) is 48.5 Å². The third-order valence-corrected chi connectivity index (χ3v) is 3.02. The van der Waals surface area contributed by atoms with E-state index in [1.165, 1.54) is 0 Å². The molecule has 0 atom stereocenters. The lowest BCUT2D eigenvalue weighted by Crippen LogP contribution is -2.20. The summed E-state index contributed by atoms with van der Waals surface area (Å²) in [5, 5.41) is 12.0. The van der Waals surface area contributed by atoms with Crippen molar-refractivity contribution in [2.24, 2.45) is 0 Å². The van der Waals surface area contributed by atoms with E-state index < -0.39 is 0 Å². The number of benzene rings is 2. The van der Waals surface area contributed by atoms with Gasteiger partial charge in [-0.2, -0.15) is 5.26 Å². The van der Waals surface area contributed by atoms with Crippen LogP contribution in [0.1, 0.15) is 11.1 Å². The molecule has 0 bridgehead atoms. The maximum Gasteiger partial charge on any atom is 0.119 e. The summed E-state index contributed by atoms with van der Waals surface area (Å²) in [5.74, 6) is 1.65. The maximum absolute atomic E-state index is 8.73. The van der Waals surface area contributed by atoms with Crippen molar-refractivity contribution < 1.29 is 9.47 Å². The van der Waals surface area contributed by atoms with Gasteiger partial charge < -0.3 is 14.8 Å². The molecule has 108 valence electrons. The van der Waals surface area contributed by atoms with Crippen molar-refractivity contribution in [3.05, 3.63) is 59.7 Å². The van der Waals surface area contributed by atoms with E-state index in [0.29, 0.717) is 12.2 Å². The van der Waals surface area contributed by atoms with Crippen LogP contribution in [0, 0.1) is 11.3 Å². The fraction of sp³-hybridized carbons (Fsp3) is 0.235. The number of hydrogen-bond donors (Lipinski definition) is 1. The van der Waals surface area contributed by atoms with Crippen molar-refractivity contribution in [3.63, 3.8) is 0 Å². The molecule has 0 saturated carbocycles. The van der Waals surface area contributed by atoms with E-state index >= 15 is 0 Å². The molecular formula is C17H18N2O2. The van der Waals surface area contributed by atoms with Crippen molar-refractivity contribution in [3.8, 4) is 17.6 Å². The lowest BCUT2D eigenvalue weighted by molar-refractivity contribution is 0.313. The quantitative estimate of drug-likeness (QED) is 0.793. The molecule has 0 aliphatic rings. The van der Waals surface area contributed by atoms with Gasteiger partial charge in [0, 0.05) is 13.1 Å². The van der Waals surface area contributed by atoms with E-state index in [0.717, 1.165) is 30.2 Å². The van der Waals surface area contributed by atoms with E-state index in [1.807, 2.05) is 48.5 Å². The summed E-state index contributed by atoms with van der Waals surface area (Å²) in [5.41, 5.74) is 1.83. The summed E-state index contributed by atoms with van der Waals surface area (Å²) in [4.78, 5) is 0. The van der Waals surface area contributed by atoms with Gasteiger partial charge in [0.25, 0.3) is 0 Å². The molecule has 2 rings (SSSR count). The van der Waals surface area contributed by atoms with Crippen LogP contribution in [0.2, 0.25) is 0 Å². The molecule has 0 amide bonds. The maximum atomic E-state index is 8.73. The molecule has 0 radical (unpaired) electrons. The van der Waals surface area contributed by atoms with Gasteiger partial charge in [-0.15, -0.1) is 0 Å². The van der Waals surface area contributed by atoms with Gasteiger partial charge in [-0.05, 0) is 42.0 Å². The Bertz CT molecular complexity index is 586. The fourth-order valence-corrected chi connectivity index (χ4v) is 1.84. The van der Waals surface area contributed by atoms with Crippen LogP contribution in [0.5, 0.6) is 11.5 Å². The average molecular weight is 282 g/mol. The van der Waals surface area contributed by atoms with Gasteiger partial charge in [-0.3, -0.25) is 0 Å². The molecule has 0 aliphatic carbocycles. The van der Waals surface area contributed by atoms with Gasteiger partial charge in [-0.1, -0.05) is 12.1 Å². The fourth-order valence-electron chi connectivity index (χ4n) is 1.84. The Hall–Kier alpha value is -2.51. The molecule has 21 heavy (non-hydrogen) atoms. The van der Waals surface area contributed by atoms with Crippen molar-refractivity contribution >= 4 is 0 Å². The van der Waals surface area contributed by atoms with E-state index in [9.17, 15) is 0 Å². The molecule has 0 unspecified atom stereocenters. The van der Waals surface area contributed by atoms with Gasteiger partial charge in [0.15, 0.2) is 0 Å². The number of nitriles is 1. The van der Waals surface area contributed by atoms with Gasteiger partial charge in [0.05, 0.1) is 18.7 Å². The van der Waals surface area contributed by atoms with Crippen LogP contribution < -0.4 is 14.8 Å². The number of rotatable bonds is 7. The minimum absolute atomic E-state index is 0.600. The summed E-state index contributed by atoms with van der Waals surface area (Å²) < 4.78 is 10.7. The second-order valence-corrected chi connectivity index (χ2v) is 4.51. The SMILES string of the molecule is COc1ccc(OCCNCc2ccc(C#N)cc2)cc1. The molecule has 0 heterocycles. The van der Waals surface area contributed by atoms with Crippen LogP contribution in [0.4, 0.5) is 0 Å². The Kier molecular flexibility index (Phi) is 5.62. The van der Waals surface area contributed by atoms with Crippen molar-refractivity contribution in [1.29, 1.82) is 5.26 Å². The number of hydrogen-bond acceptors (Lipinski definition) is 4. The first kappa shape index (κ1) is 14.9. The summed E-state index contributed by atoms with van der Waals surface area (Å²) >= 11 is 0. The highest BCUT2D eigenvalue weighted by Gasteiger charge is 1.96. The van der Waals surface area contributed by atoms with Crippen molar-refractivity contribution in [2.45, 2.75) is 6.54 Å². The molecule has 0 aliphatic heterocycles. The molecular weight excluding hydrogens is 264 g/mol. The highest BCUT2D eigenvalue weighted by molar-refractivity contribution is 5.32. The smallest absolute Gasteiger partial charge is 0.119 e. The minimum atomic E-state index is 0.600. The zero-order chi connectivity index (χ0) is 14.9. The van der Waals surface area contributed by atoms with Crippen LogP contribution >= 0.6 is 0 Å². The molecule has 4 nitrogen and oxygen atoms in total. The van der Waals surface area contributed by atoms with Gasteiger partial charge >= 0.3 is 0 Å². The summed E-state index contributed by atoms with van der Waals surface area (Å²) in [6.45, 7) is 2.12. The van der Waals surface area contributed by atoms with Gasteiger partial charge in [0.2, 0.25) is 0 Å². The highest BCUT2D eigenvalue weighted by Crippen LogP contribution is 2.16. The average Bonchev–Trinajstić information content (AvgIpc) is 2.55. The summed E-state index contributed by atoms with van der Waals surface area (Å²) in [6.07, 6.45) is 0. The van der Waals surface area contributed by atoms with Crippen LogP contribution in [0.25, 0.3) is 0 Å². The molecule has 2 aromatic carbocycles. The van der Waals surface area contributed by atoms with Crippen LogP contribution in [0.3, 0.4) is 0 Å². The van der Waals surface area contributed by atoms with E-state index in [-0.39, 0.29) is 0 Å². The van der Waals surface area contributed by atoms with Gasteiger partial charge in [0.1, 0.15) is 18.1 Å². The lowest BCUT2D eigenvalue weighted by Gasteiger charge is -2.08. The number of nitrogens with zero attached hydrogens (tertiary/aromatic N) is 1. The molecule has 4 heteroatoms. The first-order valence-corrected chi connectivity index (χ1v) is 6.78. The Morgan fingerprint density at radius 1 is 1.00 bits per heavy atom. The molecule has 0 spiro atoms. The Balaban J connectivity index is 1.66. The predicted molar refractivity (Wildman–Crippen MR) is 81.4 cm³/mol. The number of ether oxygens (including phenoxy) is 2. The monoisotopic (exact) mass is 282 g/mol. The first-order valence-electron chi connectivity index (χ1n) is 6.78. The minimum Gasteiger partial charge on any atom is -0.497 e. The third kappa shape index (κ3) is 4.83. The molecule has 0 aromatic heterocycles. The zero-order valence-electron chi connectivity index (χ0n) is 12.0. The summed E-state index contributed by atoms with van der Waals surface area (Å²) in [6, 6.07) is 17.2. The Morgan fingerprint density at radius 3 is 2.29 bits per heavy atom. The zero-order valence-corrected chi connectivity index (χ0v) is 12.0. The van der Waals surface area contributed by atoms with Crippen molar-refractivity contribution in [2.75, 3.05) is 20.3 Å². The van der Waals surface area contributed by atoms with E-state index in [4.69, 9.17) is 14.7 Å². The number of nitrogens with one attached hydrogen (secondary N) is 1. The van der Waals surface area contributed by atoms with Gasteiger partial charge in [-0.25, -0.2) is 0 Å². The molecule has 2 aromatic rings. The highest BCUT2D eigenvalue weighted by atomic mass is 16.5. The normalized spacial score (nSPS) is 9.90. The lowest BCUT2D eigenvalue weighted by atomic mass is 10.1. The third-order valence-electron chi connectivity index (χ3n) is 3.02. The van der Waals surface area contributed by atoms with E-state index in [2.05, 4.69) is 11.4 Å². The Labute approximate surface area is 124 Å². The summed E-state index contributed by atoms with van der Waals surface area (Å²) in [7, 11) is 1.64. The first-order chi connectivity index (χ1) is 10.3. The molecule has 0 saturated heterocycles. The standard InChI is InChI=1S/C17H18N2O2/c1-20-16-6-8-17(9-7-16)21-11-10-19-13-15-4-2-14(12-18)3-5-15/h2-9,19H,10-11,13H2,1H3. The molecule has 0 fully saturated rings. The van der Waals surface area contributed by atoms with Crippen LogP contribution in [-0.2, 0) is 6.54 Å². The van der Waals surface area contributed by atoms with Crippen molar-refractivity contribution in [1.82, 2.24) is 5.32 Å². The number of methoxy groups -OCH3 is 1. The Morgan fingerprint density at radius 2 is 1.67 bits per heavy atom. The second-order valence-electron chi connectivity index (χ2n) is 4.51. The molecule has 1 N–H and O–H groups in total. The topological polar surface area (TPSA) is 54.3 Å². The second kappa shape index (κ2) is 7.93. The largest absolute Gasteiger partial charge is 0.497 e.